The van der Waals surface area contributed by atoms with E-state index in [9.17, 15) is 0 Å². The van der Waals surface area contributed by atoms with Crippen molar-refractivity contribution in [2.75, 3.05) is 24.6 Å². The molecule has 0 rings (SSSR count). The molecular weight excluding hydrogens is 824 g/mol. The minimum absolute atomic E-state index is 1.21. The molecule has 0 N–H and O–H groups in total. The summed E-state index contributed by atoms with van der Waals surface area (Å²) < 4.78 is 0. The van der Waals surface area contributed by atoms with E-state index in [0.29, 0.717) is 0 Å². The first kappa shape index (κ1) is 67.4. The van der Waals surface area contributed by atoms with Crippen LogP contribution in [0.4, 0.5) is 0 Å². The summed E-state index contributed by atoms with van der Waals surface area (Å²) >= 11 is 0. The van der Waals surface area contributed by atoms with Crippen molar-refractivity contribution >= 4 is 7.26 Å². The summed E-state index contributed by atoms with van der Waals surface area (Å²) in [5.41, 5.74) is 0. The van der Waals surface area contributed by atoms with Gasteiger partial charge in [-0.3, -0.25) is 0 Å². The molecular formula is C66H137P. The molecule has 0 heterocycles. The molecule has 0 radical (unpaired) electrons. The van der Waals surface area contributed by atoms with Crippen LogP contribution in [-0.4, -0.2) is 24.6 Å². The third kappa shape index (κ3) is 55.6. The van der Waals surface area contributed by atoms with E-state index in [2.05, 4.69) is 27.7 Å². The van der Waals surface area contributed by atoms with Gasteiger partial charge in [0, 0.05) is 0 Å². The average molecular weight is 962 g/mol. The summed E-state index contributed by atoms with van der Waals surface area (Å²) in [5, 5.41) is 0. The Labute approximate surface area is 430 Å². The summed E-state index contributed by atoms with van der Waals surface area (Å²) in [6.07, 6.45) is 93.6. The van der Waals surface area contributed by atoms with Gasteiger partial charge in [0.15, 0.2) is 0 Å². The van der Waals surface area contributed by atoms with Gasteiger partial charge in [-0.1, -0.05) is 118 Å². The number of hydrogen-bond acceptors (Lipinski definition) is 0. The van der Waals surface area contributed by atoms with Crippen LogP contribution in [0.1, 0.15) is 400 Å². The molecule has 67 heavy (non-hydrogen) atoms. The molecule has 0 aromatic heterocycles. The Hall–Kier alpha value is 0.430. The molecule has 0 saturated carbocycles. The van der Waals surface area contributed by atoms with E-state index in [1.165, 1.54) is 321 Å². The van der Waals surface area contributed by atoms with Crippen molar-refractivity contribution in [3.05, 3.63) is 0 Å². The second-order valence-corrected chi connectivity index (χ2v) is 28.6. The topological polar surface area (TPSA) is 0 Å². The van der Waals surface area contributed by atoms with Gasteiger partial charge >= 0.3 is 314 Å². The molecule has 0 aromatic rings. The van der Waals surface area contributed by atoms with Gasteiger partial charge in [0.05, 0.1) is 0 Å². The van der Waals surface area contributed by atoms with Gasteiger partial charge in [-0.2, -0.15) is 0 Å². The fourth-order valence-corrected chi connectivity index (χ4v) is 17.4. The van der Waals surface area contributed by atoms with Crippen LogP contribution >= 0.6 is 7.26 Å². The van der Waals surface area contributed by atoms with Gasteiger partial charge in [-0.05, 0) is 0 Å². The summed E-state index contributed by atoms with van der Waals surface area (Å²) in [4.78, 5) is 0. The first-order chi connectivity index (χ1) is 33.2. The number of hydrogen-bond donors (Lipinski definition) is 0. The van der Waals surface area contributed by atoms with Crippen LogP contribution in [0.3, 0.4) is 0 Å². The summed E-state index contributed by atoms with van der Waals surface area (Å²) in [7, 11) is -1.21. The fraction of sp³-hybridized carbons (Fsp3) is 1.00. The van der Waals surface area contributed by atoms with Crippen molar-refractivity contribution in [3.8, 4) is 0 Å². The quantitative estimate of drug-likeness (QED) is 0.0421. The van der Waals surface area contributed by atoms with E-state index in [-0.39, 0.29) is 0 Å². The molecule has 0 aliphatic rings. The Morgan fingerprint density at radius 1 is 0.119 bits per heavy atom. The van der Waals surface area contributed by atoms with E-state index in [1.807, 2.05) is 0 Å². The molecule has 0 aromatic carbocycles. The standard InChI is InChI=1S/C66H137P/c1-5-9-13-17-21-25-29-33-37-38-42-46-50-54-58-62-66-67(63-59-55-51-47-43-39-34-30-26-22-18-14-10-6-2,64-60-56-52-48-44-40-35-31-27-23-19-15-11-7-3)65-61-57-53-49-45-41-36-32-28-24-20-16-12-8-4/h67H,5-66H2,1-4H3. The molecule has 0 bridgehead atoms. The molecule has 0 amide bonds. The molecule has 0 saturated heterocycles. The molecule has 0 aliphatic heterocycles. The van der Waals surface area contributed by atoms with Gasteiger partial charge in [-0.15, -0.1) is 0 Å². The Kier molecular flexibility index (Phi) is 61.1. The summed E-state index contributed by atoms with van der Waals surface area (Å²) in [6, 6.07) is 0. The van der Waals surface area contributed by atoms with Crippen molar-refractivity contribution in [1.29, 1.82) is 0 Å². The Bertz CT molecular complexity index is 755. The molecule has 1 heteroatoms. The van der Waals surface area contributed by atoms with E-state index in [1.54, 1.807) is 76.0 Å². The molecule has 0 fully saturated rings. The van der Waals surface area contributed by atoms with E-state index in [4.69, 9.17) is 0 Å². The maximum absolute atomic E-state index is 2.34. The first-order valence-electron chi connectivity index (χ1n) is 33.2. The summed E-state index contributed by atoms with van der Waals surface area (Å²) in [5.74, 6) is 0. The average Bonchev–Trinajstić information content (AvgIpc) is 3.34. The smallest absolute Gasteiger partial charge is 0.0654 e. The second kappa shape index (κ2) is 60.7. The van der Waals surface area contributed by atoms with Gasteiger partial charge in [-0.25, -0.2) is 0 Å². The molecule has 0 nitrogen and oxygen atoms in total. The SMILES string of the molecule is CCCCCCCCCCCCCCCCCC[PH](CCCCCCCCCCCCCCCC)(CCCCCCCCCCCCCCCC)CCCCCCCCCCCCCCCC. The Morgan fingerprint density at radius 3 is 0.313 bits per heavy atom. The maximum atomic E-state index is 2.34. The molecule has 0 unspecified atom stereocenters. The van der Waals surface area contributed by atoms with Crippen molar-refractivity contribution < 1.29 is 0 Å². The normalized spacial score (nSPS) is 12.2. The van der Waals surface area contributed by atoms with Crippen LogP contribution in [0.25, 0.3) is 0 Å². The van der Waals surface area contributed by atoms with E-state index < -0.39 is 7.26 Å². The predicted octanol–water partition coefficient (Wildman–Crippen LogP) is 25.4. The predicted molar refractivity (Wildman–Crippen MR) is 318 cm³/mol. The minimum Gasteiger partial charge on any atom is -0.0654 e. The Balaban J connectivity index is 4.93. The van der Waals surface area contributed by atoms with Crippen molar-refractivity contribution in [3.63, 3.8) is 0 Å². The molecule has 406 valence electrons. The molecule has 0 aliphatic carbocycles. The summed E-state index contributed by atoms with van der Waals surface area (Å²) in [6.45, 7) is 9.34. The van der Waals surface area contributed by atoms with Gasteiger partial charge in [0.25, 0.3) is 0 Å². The van der Waals surface area contributed by atoms with Gasteiger partial charge in [0.2, 0.25) is 0 Å². The van der Waals surface area contributed by atoms with Crippen LogP contribution in [-0.2, 0) is 0 Å². The van der Waals surface area contributed by atoms with Gasteiger partial charge < -0.3 is 0 Å². The van der Waals surface area contributed by atoms with Crippen LogP contribution in [0.15, 0.2) is 0 Å². The second-order valence-electron chi connectivity index (χ2n) is 23.6. The zero-order valence-corrected chi connectivity index (χ0v) is 49.3. The fourth-order valence-electron chi connectivity index (χ4n) is 11.9. The van der Waals surface area contributed by atoms with Crippen LogP contribution in [0.2, 0.25) is 0 Å². The third-order valence-corrected chi connectivity index (χ3v) is 22.4. The monoisotopic (exact) mass is 961 g/mol. The minimum atomic E-state index is -1.21. The van der Waals surface area contributed by atoms with Crippen LogP contribution in [0, 0.1) is 0 Å². The zero-order valence-electron chi connectivity index (χ0n) is 48.3. The number of unbranched alkanes of at least 4 members (excludes halogenated alkanes) is 54. The first-order valence-corrected chi connectivity index (χ1v) is 36.1. The molecule has 0 spiro atoms. The molecule has 0 atom stereocenters. The van der Waals surface area contributed by atoms with Gasteiger partial charge in [0.1, 0.15) is 0 Å². The van der Waals surface area contributed by atoms with Crippen LogP contribution in [0.5, 0.6) is 0 Å². The van der Waals surface area contributed by atoms with E-state index >= 15 is 0 Å². The van der Waals surface area contributed by atoms with Crippen molar-refractivity contribution in [1.82, 2.24) is 0 Å². The van der Waals surface area contributed by atoms with Crippen LogP contribution < -0.4 is 0 Å². The van der Waals surface area contributed by atoms with Crippen molar-refractivity contribution in [2.24, 2.45) is 0 Å². The van der Waals surface area contributed by atoms with Crippen molar-refractivity contribution in [2.45, 2.75) is 400 Å². The zero-order chi connectivity index (χ0) is 48.3. The Morgan fingerprint density at radius 2 is 0.209 bits per heavy atom. The third-order valence-electron chi connectivity index (χ3n) is 16.7. The number of rotatable bonds is 62. The van der Waals surface area contributed by atoms with E-state index in [0.717, 1.165) is 0 Å².